The van der Waals surface area contributed by atoms with Crippen LogP contribution in [0.1, 0.15) is 36.0 Å². The second-order valence-electron chi connectivity index (χ2n) is 4.75. The molecule has 1 aromatic rings. The summed E-state index contributed by atoms with van der Waals surface area (Å²) in [5.41, 5.74) is -0.0552. The van der Waals surface area contributed by atoms with Crippen molar-refractivity contribution < 1.29 is 9.18 Å². The Bertz CT molecular complexity index is 530. The number of halogens is 1. The molecule has 4 nitrogen and oxygen atoms in total. The Kier molecular flexibility index (Phi) is 3.70. The van der Waals surface area contributed by atoms with Crippen molar-refractivity contribution in [1.29, 1.82) is 0 Å². The number of nitrogens with zero attached hydrogens (tertiary/aromatic N) is 1. The molecule has 1 amide bonds. The number of benzene rings is 1. The summed E-state index contributed by atoms with van der Waals surface area (Å²) < 4.78 is 13.8. The minimum atomic E-state index is -0.610. The van der Waals surface area contributed by atoms with Crippen molar-refractivity contribution in [3.05, 3.63) is 41.0 Å². The van der Waals surface area contributed by atoms with Crippen LogP contribution in [0.5, 0.6) is 0 Å². The molecule has 2 N–H and O–H groups in total. The molecule has 0 atom stereocenters. The topological polar surface area (TPSA) is 45.5 Å². The van der Waals surface area contributed by atoms with Gasteiger partial charge in [0.15, 0.2) is 0 Å². The van der Waals surface area contributed by atoms with Gasteiger partial charge >= 0.3 is 5.66 Å². The Morgan fingerprint density at radius 3 is 2.63 bits per heavy atom. The van der Waals surface area contributed by atoms with E-state index in [0.29, 0.717) is 5.69 Å². The number of carbonyl (C=O) groups excluding carboxylic acids is 1. The molecular weight excluding hydrogens is 245 g/mol. The highest BCUT2D eigenvalue weighted by molar-refractivity contribution is 5.94. The predicted octanol–water partition coefficient (Wildman–Crippen LogP) is 2.79. The third kappa shape index (κ3) is 2.68. The molecule has 0 radical (unpaired) electrons. The quantitative estimate of drug-likeness (QED) is 0.822. The van der Waals surface area contributed by atoms with Crippen molar-refractivity contribution in [2.75, 3.05) is 12.4 Å². The zero-order valence-electron chi connectivity index (χ0n) is 10.8. The van der Waals surface area contributed by atoms with Gasteiger partial charge in [-0.1, -0.05) is 0 Å². The maximum atomic E-state index is 13.8. The summed E-state index contributed by atoms with van der Waals surface area (Å²) in [6, 6.07) is 4.35. The summed E-state index contributed by atoms with van der Waals surface area (Å²) in [5.74, 6) is -1.03. The van der Waals surface area contributed by atoms with Gasteiger partial charge in [0.05, 0.1) is 5.56 Å². The first kappa shape index (κ1) is 13.3. The molecule has 1 aliphatic rings. The molecule has 0 aromatic heterocycles. The first-order valence-electron chi connectivity index (χ1n) is 6.29. The second kappa shape index (κ2) is 5.27. The zero-order chi connectivity index (χ0) is 13.9. The van der Waals surface area contributed by atoms with E-state index in [4.69, 9.17) is 6.57 Å². The van der Waals surface area contributed by atoms with Gasteiger partial charge in [-0.25, -0.2) is 11.0 Å². The molecule has 2 rings (SSSR count). The van der Waals surface area contributed by atoms with Gasteiger partial charge in [-0.05, 0) is 31.0 Å². The second-order valence-corrected chi connectivity index (χ2v) is 4.75. The lowest BCUT2D eigenvalue weighted by Gasteiger charge is -2.19. The fraction of sp³-hybridized carbons (Fsp3) is 0.429. The van der Waals surface area contributed by atoms with Crippen LogP contribution in [0, 0.1) is 12.4 Å². The highest BCUT2D eigenvalue weighted by Gasteiger charge is 2.40. The SMILES string of the molecule is [C-]#[N+]C1(Nc2ccc(C(=O)NC)c(F)c2)CCCC1. The maximum Gasteiger partial charge on any atom is 0.305 e. The van der Waals surface area contributed by atoms with Crippen LogP contribution < -0.4 is 10.6 Å². The van der Waals surface area contributed by atoms with E-state index < -0.39 is 17.4 Å². The van der Waals surface area contributed by atoms with E-state index in [1.807, 2.05) is 0 Å². The van der Waals surface area contributed by atoms with E-state index in [9.17, 15) is 9.18 Å². The molecule has 0 spiro atoms. The van der Waals surface area contributed by atoms with Crippen LogP contribution in [0.3, 0.4) is 0 Å². The molecule has 100 valence electrons. The molecule has 19 heavy (non-hydrogen) atoms. The molecule has 0 unspecified atom stereocenters. The summed E-state index contributed by atoms with van der Waals surface area (Å²) in [6.07, 6.45) is 3.56. The van der Waals surface area contributed by atoms with Crippen molar-refractivity contribution in [1.82, 2.24) is 5.32 Å². The lowest BCUT2D eigenvalue weighted by Crippen LogP contribution is -2.30. The molecule has 1 aliphatic carbocycles. The van der Waals surface area contributed by atoms with Gasteiger partial charge in [0.2, 0.25) is 0 Å². The molecular formula is C14H16FN3O. The summed E-state index contributed by atoms with van der Waals surface area (Å²) in [4.78, 5) is 15.0. The van der Waals surface area contributed by atoms with Gasteiger partial charge in [-0.3, -0.25) is 9.64 Å². The van der Waals surface area contributed by atoms with Crippen LogP contribution in [0.4, 0.5) is 10.1 Å². The van der Waals surface area contributed by atoms with Crippen LogP contribution >= 0.6 is 0 Å². The predicted molar refractivity (Wildman–Crippen MR) is 71.2 cm³/mol. The molecule has 0 heterocycles. The molecule has 0 bridgehead atoms. The van der Waals surface area contributed by atoms with Crippen molar-refractivity contribution in [2.24, 2.45) is 0 Å². The van der Waals surface area contributed by atoms with Crippen LogP contribution in [0.2, 0.25) is 0 Å². The number of hydrogen-bond acceptors (Lipinski definition) is 2. The van der Waals surface area contributed by atoms with Crippen molar-refractivity contribution in [3.63, 3.8) is 0 Å². The normalized spacial score (nSPS) is 16.7. The minimum absolute atomic E-state index is 0.0105. The highest BCUT2D eigenvalue weighted by atomic mass is 19.1. The van der Waals surface area contributed by atoms with E-state index in [1.165, 1.54) is 19.2 Å². The van der Waals surface area contributed by atoms with Crippen LogP contribution in [0.15, 0.2) is 18.2 Å². The van der Waals surface area contributed by atoms with E-state index in [1.54, 1.807) is 6.07 Å². The van der Waals surface area contributed by atoms with Gasteiger partial charge in [0.25, 0.3) is 5.91 Å². The summed E-state index contributed by atoms with van der Waals surface area (Å²) >= 11 is 0. The Labute approximate surface area is 111 Å². The average molecular weight is 261 g/mol. The fourth-order valence-corrected chi connectivity index (χ4v) is 2.40. The van der Waals surface area contributed by atoms with Gasteiger partial charge < -0.3 is 10.6 Å². The average Bonchev–Trinajstić information content (AvgIpc) is 2.87. The van der Waals surface area contributed by atoms with Gasteiger partial charge in [-0.15, -0.1) is 0 Å². The lowest BCUT2D eigenvalue weighted by molar-refractivity contribution is 0.0959. The standard InChI is InChI=1S/C14H16FN3O/c1-16-13(19)11-6-5-10(9-12(11)15)18-14(17-2)7-3-4-8-14/h5-6,9,18H,3-4,7-8H2,1H3,(H,16,19). The largest absolute Gasteiger partial charge is 0.355 e. The Morgan fingerprint density at radius 1 is 1.42 bits per heavy atom. The third-order valence-corrected chi connectivity index (χ3v) is 3.46. The molecule has 0 aliphatic heterocycles. The first-order chi connectivity index (χ1) is 9.10. The number of rotatable bonds is 3. The van der Waals surface area contributed by atoms with Gasteiger partial charge in [0.1, 0.15) is 5.82 Å². The van der Waals surface area contributed by atoms with E-state index >= 15 is 0 Å². The first-order valence-corrected chi connectivity index (χ1v) is 6.29. The van der Waals surface area contributed by atoms with Crippen molar-refractivity contribution >= 4 is 11.6 Å². The third-order valence-electron chi connectivity index (χ3n) is 3.46. The number of nitrogens with one attached hydrogen (secondary N) is 2. The van der Waals surface area contributed by atoms with E-state index in [2.05, 4.69) is 15.5 Å². The summed E-state index contributed by atoms with van der Waals surface area (Å²) in [7, 11) is 1.46. The Hall–Kier alpha value is -2.09. The van der Waals surface area contributed by atoms with E-state index in [-0.39, 0.29) is 5.56 Å². The van der Waals surface area contributed by atoms with Gasteiger partial charge in [0, 0.05) is 25.6 Å². The van der Waals surface area contributed by atoms with Crippen LogP contribution in [-0.2, 0) is 0 Å². The Morgan fingerprint density at radius 2 is 2.11 bits per heavy atom. The maximum absolute atomic E-state index is 13.8. The monoisotopic (exact) mass is 261 g/mol. The summed E-state index contributed by atoms with van der Waals surface area (Å²) in [6.45, 7) is 7.30. The minimum Gasteiger partial charge on any atom is -0.355 e. The molecule has 5 heteroatoms. The summed E-state index contributed by atoms with van der Waals surface area (Å²) in [5, 5.41) is 5.49. The number of carbonyl (C=O) groups is 1. The van der Waals surface area contributed by atoms with Gasteiger partial charge in [-0.2, -0.15) is 0 Å². The highest BCUT2D eigenvalue weighted by Crippen LogP contribution is 2.34. The molecule has 1 aromatic carbocycles. The Balaban J connectivity index is 2.21. The van der Waals surface area contributed by atoms with Crippen molar-refractivity contribution in [2.45, 2.75) is 31.3 Å². The number of hydrogen-bond donors (Lipinski definition) is 2. The zero-order valence-corrected chi connectivity index (χ0v) is 10.8. The molecule has 0 saturated heterocycles. The molecule has 1 saturated carbocycles. The number of amides is 1. The van der Waals surface area contributed by atoms with Crippen molar-refractivity contribution in [3.8, 4) is 0 Å². The smallest absolute Gasteiger partial charge is 0.305 e. The lowest BCUT2D eigenvalue weighted by atomic mass is 10.1. The van der Waals surface area contributed by atoms with Crippen LogP contribution in [-0.4, -0.2) is 18.6 Å². The molecule has 1 fully saturated rings. The fourth-order valence-electron chi connectivity index (χ4n) is 2.40. The van der Waals surface area contributed by atoms with E-state index in [0.717, 1.165) is 25.7 Å². The van der Waals surface area contributed by atoms with Crippen LogP contribution in [0.25, 0.3) is 4.85 Å². The number of anilines is 1.